The molecule has 1 amide bonds. The first kappa shape index (κ1) is 24.4. The van der Waals surface area contributed by atoms with Crippen molar-refractivity contribution in [1.82, 2.24) is 14.3 Å². The first-order valence-corrected chi connectivity index (χ1v) is 13.6. The molecule has 0 saturated carbocycles. The SMILES string of the molecule is O=C(C1CCCN(S(=O)(=O)c2ccccc2)C1)N(Cc1cccnc1)c1nc2c(F)cc(F)cc2s1. The molecule has 0 radical (unpaired) electrons. The van der Waals surface area contributed by atoms with Crippen molar-refractivity contribution in [3.63, 3.8) is 0 Å². The lowest BCUT2D eigenvalue weighted by Crippen LogP contribution is -2.46. The van der Waals surface area contributed by atoms with Crippen molar-refractivity contribution in [2.24, 2.45) is 5.92 Å². The molecule has 11 heteroatoms. The largest absolute Gasteiger partial charge is 0.283 e. The number of carbonyl (C=O) groups is 1. The van der Waals surface area contributed by atoms with Crippen molar-refractivity contribution >= 4 is 42.6 Å². The lowest BCUT2D eigenvalue weighted by Gasteiger charge is -2.33. The second-order valence-electron chi connectivity index (χ2n) is 8.53. The molecule has 1 aliphatic rings. The fourth-order valence-corrected chi connectivity index (χ4v) is 6.85. The van der Waals surface area contributed by atoms with Crippen LogP contribution in [0.3, 0.4) is 0 Å². The fraction of sp³-hybridized carbons (Fsp3) is 0.240. The summed E-state index contributed by atoms with van der Waals surface area (Å²) in [4.78, 5) is 23.8. The number of nitrogens with zero attached hydrogens (tertiary/aromatic N) is 4. The molecule has 2 aromatic heterocycles. The van der Waals surface area contributed by atoms with Gasteiger partial charge in [0.2, 0.25) is 15.9 Å². The van der Waals surface area contributed by atoms with Gasteiger partial charge in [0.25, 0.3) is 0 Å². The standard InChI is InChI=1S/C25H22F2N4O3S2/c26-19-12-21(27)23-22(13-19)35-25(29-23)31(15-17-6-4-10-28-14-17)24(32)18-7-5-11-30(16-18)36(33,34)20-8-2-1-3-9-20/h1-4,6,8-10,12-14,18H,5,7,11,15-16H2. The Morgan fingerprint density at radius 2 is 1.94 bits per heavy atom. The molecule has 2 aromatic carbocycles. The van der Waals surface area contributed by atoms with Gasteiger partial charge in [-0.05, 0) is 42.7 Å². The van der Waals surface area contributed by atoms with Crippen LogP contribution in [-0.4, -0.2) is 41.7 Å². The van der Waals surface area contributed by atoms with Gasteiger partial charge in [-0.1, -0.05) is 35.6 Å². The van der Waals surface area contributed by atoms with Gasteiger partial charge in [-0.25, -0.2) is 22.2 Å². The first-order valence-electron chi connectivity index (χ1n) is 11.3. The van der Waals surface area contributed by atoms with Crippen LogP contribution in [0.1, 0.15) is 18.4 Å². The predicted octanol–water partition coefficient (Wildman–Crippen LogP) is 4.60. The number of piperidine rings is 1. The van der Waals surface area contributed by atoms with Gasteiger partial charge in [-0.15, -0.1) is 0 Å². The third-order valence-corrected chi connectivity index (χ3v) is 8.98. The van der Waals surface area contributed by atoms with E-state index in [2.05, 4.69) is 9.97 Å². The van der Waals surface area contributed by atoms with Crippen molar-refractivity contribution in [3.05, 3.63) is 84.2 Å². The number of hydrogen-bond donors (Lipinski definition) is 0. The normalized spacial score (nSPS) is 16.8. The Kier molecular flexibility index (Phi) is 6.78. The van der Waals surface area contributed by atoms with E-state index in [1.54, 1.807) is 42.7 Å². The Balaban J connectivity index is 1.47. The molecule has 0 spiro atoms. The Morgan fingerprint density at radius 3 is 2.69 bits per heavy atom. The van der Waals surface area contributed by atoms with Gasteiger partial charge in [0, 0.05) is 31.5 Å². The Labute approximate surface area is 211 Å². The van der Waals surface area contributed by atoms with E-state index >= 15 is 0 Å². The molecule has 36 heavy (non-hydrogen) atoms. The highest BCUT2D eigenvalue weighted by molar-refractivity contribution is 7.89. The number of sulfonamides is 1. The summed E-state index contributed by atoms with van der Waals surface area (Å²) >= 11 is 1.01. The van der Waals surface area contributed by atoms with E-state index in [9.17, 15) is 22.0 Å². The summed E-state index contributed by atoms with van der Waals surface area (Å²) < 4.78 is 56.1. The van der Waals surface area contributed by atoms with Crippen LogP contribution in [0.2, 0.25) is 0 Å². The zero-order valence-corrected chi connectivity index (χ0v) is 20.7. The van der Waals surface area contributed by atoms with E-state index in [1.165, 1.54) is 27.4 Å². The number of anilines is 1. The minimum atomic E-state index is -3.76. The van der Waals surface area contributed by atoms with E-state index < -0.39 is 27.6 Å². The van der Waals surface area contributed by atoms with Gasteiger partial charge in [-0.3, -0.25) is 14.7 Å². The molecule has 1 saturated heterocycles. The number of pyridine rings is 1. The summed E-state index contributed by atoms with van der Waals surface area (Å²) in [6, 6.07) is 13.6. The second kappa shape index (κ2) is 10.00. The van der Waals surface area contributed by atoms with E-state index in [0.717, 1.165) is 23.0 Å². The number of fused-ring (bicyclic) bond motifs is 1. The van der Waals surface area contributed by atoms with Crippen molar-refractivity contribution in [1.29, 1.82) is 0 Å². The predicted molar refractivity (Wildman–Crippen MR) is 133 cm³/mol. The molecule has 5 rings (SSSR count). The zero-order valence-electron chi connectivity index (χ0n) is 19.0. The molecule has 3 heterocycles. The molecule has 4 aromatic rings. The maximum absolute atomic E-state index is 14.4. The van der Waals surface area contributed by atoms with Gasteiger partial charge in [0.15, 0.2) is 10.9 Å². The Morgan fingerprint density at radius 1 is 1.14 bits per heavy atom. The summed E-state index contributed by atoms with van der Waals surface area (Å²) in [7, 11) is -3.76. The number of thiazole rings is 1. The van der Waals surface area contributed by atoms with Crippen LogP contribution in [0.5, 0.6) is 0 Å². The van der Waals surface area contributed by atoms with E-state index in [0.29, 0.717) is 19.4 Å². The molecule has 1 aliphatic heterocycles. The second-order valence-corrected chi connectivity index (χ2v) is 11.5. The number of halogens is 2. The minimum Gasteiger partial charge on any atom is -0.283 e. The molecule has 1 atom stereocenters. The molecule has 186 valence electrons. The highest BCUT2D eigenvalue weighted by atomic mass is 32.2. The average molecular weight is 529 g/mol. The molecule has 0 aliphatic carbocycles. The van der Waals surface area contributed by atoms with Gasteiger partial charge in [0.1, 0.15) is 11.3 Å². The van der Waals surface area contributed by atoms with Crippen LogP contribution in [0.15, 0.2) is 71.9 Å². The van der Waals surface area contributed by atoms with Crippen molar-refractivity contribution < 1.29 is 22.0 Å². The lowest BCUT2D eigenvalue weighted by molar-refractivity contribution is -0.123. The van der Waals surface area contributed by atoms with Crippen molar-refractivity contribution in [3.8, 4) is 0 Å². The third kappa shape index (κ3) is 4.86. The van der Waals surface area contributed by atoms with Crippen LogP contribution in [0.4, 0.5) is 13.9 Å². The van der Waals surface area contributed by atoms with Crippen LogP contribution < -0.4 is 4.90 Å². The van der Waals surface area contributed by atoms with Crippen LogP contribution >= 0.6 is 11.3 Å². The third-order valence-electron chi connectivity index (χ3n) is 6.08. The summed E-state index contributed by atoms with van der Waals surface area (Å²) in [5.74, 6) is -2.48. The highest BCUT2D eigenvalue weighted by Crippen LogP contribution is 2.34. The fourth-order valence-electron chi connectivity index (χ4n) is 4.30. The molecule has 0 N–H and O–H groups in total. The van der Waals surface area contributed by atoms with Crippen LogP contribution in [0, 0.1) is 17.6 Å². The number of hydrogen-bond acceptors (Lipinski definition) is 6. The molecule has 7 nitrogen and oxygen atoms in total. The van der Waals surface area contributed by atoms with E-state index in [-0.39, 0.29) is 39.2 Å². The van der Waals surface area contributed by atoms with Gasteiger partial charge < -0.3 is 0 Å². The molecular formula is C25H22F2N4O3S2. The maximum atomic E-state index is 14.4. The number of amides is 1. The summed E-state index contributed by atoms with van der Waals surface area (Å²) in [6.07, 6.45) is 4.24. The summed E-state index contributed by atoms with van der Waals surface area (Å²) in [5.41, 5.74) is 0.707. The molecule has 1 unspecified atom stereocenters. The van der Waals surface area contributed by atoms with Crippen LogP contribution in [0.25, 0.3) is 10.2 Å². The topological polar surface area (TPSA) is 83.5 Å². The summed E-state index contributed by atoms with van der Waals surface area (Å²) in [6.45, 7) is 0.446. The molecule has 0 bridgehead atoms. The zero-order chi connectivity index (χ0) is 25.3. The van der Waals surface area contributed by atoms with Gasteiger partial charge >= 0.3 is 0 Å². The van der Waals surface area contributed by atoms with Crippen LogP contribution in [-0.2, 0) is 21.4 Å². The number of rotatable bonds is 6. The first-order chi connectivity index (χ1) is 17.3. The van der Waals surface area contributed by atoms with Crippen molar-refractivity contribution in [2.75, 3.05) is 18.0 Å². The smallest absolute Gasteiger partial charge is 0.243 e. The lowest BCUT2D eigenvalue weighted by atomic mass is 9.98. The van der Waals surface area contributed by atoms with E-state index in [4.69, 9.17) is 0 Å². The number of aromatic nitrogens is 2. The highest BCUT2D eigenvalue weighted by Gasteiger charge is 2.36. The van der Waals surface area contributed by atoms with Gasteiger partial charge in [0.05, 0.1) is 22.1 Å². The Bertz CT molecular complexity index is 1500. The summed E-state index contributed by atoms with van der Waals surface area (Å²) in [5, 5.41) is 0.214. The quantitative estimate of drug-likeness (QED) is 0.365. The van der Waals surface area contributed by atoms with Gasteiger partial charge in [-0.2, -0.15) is 4.31 Å². The maximum Gasteiger partial charge on any atom is 0.243 e. The van der Waals surface area contributed by atoms with Crippen molar-refractivity contribution in [2.45, 2.75) is 24.3 Å². The molecule has 1 fully saturated rings. The minimum absolute atomic E-state index is 0.0164. The average Bonchev–Trinajstić information content (AvgIpc) is 3.32. The Hall–Kier alpha value is -3.28. The number of benzene rings is 2. The number of carbonyl (C=O) groups excluding carboxylic acids is 1. The monoisotopic (exact) mass is 528 g/mol. The molecular weight excluding hydrogens is 506 g/mol. The van der Waals surface area contributed by atoms with E-state index in [1.807, 2.05) is 0 Å².